The molecule has 1 heterocycles. The molecule has 1 saturated carbocycles. The summed E-state index contributed by atoms with van der Waals surface area (Å²) in [7, 11) is -3.08. The van der Waals surface area contributed by atoms with E-state index >= 15 is 0 Å². The van der Waals surface area contributed by atoms with Crippen LogP contribution < -0.4 is 0 Å². The van der Waals surface area contributed by atoms with Gasteiger partial charge in [-0.2, -0.15) is 4.31 Å². The van der Waals surface area contributed by atoms with E-state index in [0.29, 0.717) is 25.4 Å². The van der Waals surface area contributed by atoms with Crippen molar-refractivity contribution < 1.29 is 13.5 Å². The molecule has 2 aliphatic rings. The van der Waals surface area contributed by atoms with E-state index in [0.717, 1.165) is 12.8 Å². The molecular weight excluding hydrogens is 202 g/mol. The zero-order valence-electron chi connectivity index (χ0n) is 8.44. The highest BCUT2D eigenvalue weighted by molar-refractivity contribution is 7.89. The van der Waals surface area contributed by atoms with Gasteiger partial charge in [-0.15, -0.1) is 0 Å². The molecule has 0 amide bonds. The summed E-state index contributed by atoms with van der Waals surface area (Å²) in [5, 5.41) is 9.95. The third kappa shape index (κ3) is 1.68. The van der Waals surface area contributed by atoms with E-state index in [1.165, 1.54) is 4.31 Å². The molecule has 0 aromatic carbocycles. The Morgan fingerprint density at radius 2 is 2.00 bits per heavy atom. The first-order valence-electron chi connectivity index (χ1n) is 5.18. The second kappa shape index (κ2) is 3.18. The van der Waals surface area contributed by atoms with Gasteiger partial charge in [-0.05, 0) is 25.2 Å². The maximum Gasteiger partial charge on any atom is 0.214 e. The van der Waals surface area contributed by atoms with E-state index < -0.39 is 15.6 Å². The van der Waals surface area contributed by atoms with E-state index in [1.54, 1.807) is 0 Å². The molecular formula is C9H17NO3S. The van der Waals surface area contributed by atoms with Gasteiger partial charge in [0.25, 0.3) is 0 Å². The molecule has 14 heavy (non-hydrogen) atoms. The molecule has 0 radical (unpaired) electrons. The zero-order chi connectivity index (χ0) is 10.4. The van der Waals surface area contributed by atoms with E-state index in [9.17, 15) is 13.5 Å². The summed E-state index contributed by atoms with van der Waals surface area (Å²) in [4.78, 5) is 0. The minimum absolute atomic E-state index is 0.202. The van der Waals surface area contributed by atoms with Crippen molar-refractivity contribution >= 4 is 10.0 Å². The number of rotatable bonds is 4. The predicted octanol–water partition coefficient (Wildman–Crippen LogP) is 0.183. The fraction of sp³-hybridized carbons (Fsp3) is 1.00. The highest BCUT2D eigenvalue weighted by Crippen LogP contribution is 2.45. The first-order valence-corrected chi connectivity index (χ1v) is 6.79. The van der Waals surface area contributed by atoms with Crippen LogP contribution in [0.5, 0.6) is 0 Å². The molecule has 0 bridgehead atoms. The molecule has 0 unspecified atom stereocenters. The lowest BCUT2D eigenvalue weighted by Gasteiger charge is -2.45. The molecule has 1 saturated heterocycles. The number of sulfonamides is 1. The molecule has 0 atom stereocenters. The third-order valence-corrected chi connectivity index (χ3v) is 5.06. The lowest BCUT2D eigenvalue weighted by atomic mass is 9.91. The number of nitrogens with zero attached hydrogens (tertiary/aromatic N) is 1. The molecule has 2 rings (SSSR count). The highest BCUT2D eigenvalue weighted by atomic mass is 32.2. The largest absolute Gasteiger partial charge is 0.387 e. The number of hydrogen-bond donors (Lipinski definition) is 1. The van der Waals surface area contributed by atoms with Crippen LogP contribution in [-0.2, 0) is 10.0 Å². The fourth-order valence-corrected chi connectivity index (χ4v) is 3.64. The van der Waals surface area contributed by atoms with E-state index in [2.05, 4.69) is 0 Å². The van der Waals surface area contributed by atoms with Crippen molar-refractivity contribution in [1.82, 2.24) is 4.31 Å². The highest BCUT2D eigenvalue weighted by Gasteiger charge is 2.54. The van der Waals surface area contributed by atoms with Crippen LogP contribution in [0.3, 0.4) is 0 Å². The first-order chi connectivity index (χ1) is 6.48. The van der Waals surface area contributed by atoms with Gasteiger partial charge < -0.3 is 5.11 Å². The smallest absolute Gasteiger partial charge is 0.214 e. The molecule has 0 aromatic rings. The van der Waals surface area contributed by atoms with Gasteiger partial charge in [0, 0.05) is 13.1 Å². The topological polar surface area (TPSA) is 57.6 Å². The third-order valence-electron chi connectivity index (χ3n) is 3.09. The minimum atomic E-state index is -3.08. The monoisotopic (exact) mass is 219 g/mol. The SMILES string of the molecule is CCCS(=O)(=O)N1CC(O)(C2CC2)C1. The summed E-state index contributed by atoms with van der Waals surface area (Å²) in [6.07, 6.45) is 2.75. The number of aliphatic hydroxyl groups is 1. The molecule has 4 nitrogen and oxygen atoms in total. The second-order valence-electron chi connectivity index (χ2n) is 4.46. The lowest BCUT2D eigenvalue weighted by Crippen LogP contribution is -2.64. The molecule has 1 N–H and O–H groups in total. The lowest BCUT2D eigenvalue weighted by molar-refractivity contribution is -0.0764. The zero-order valence-corrected chi connectivity index (χ0v) is 9.26. The normalized spacial score (nSPS) is 27.3. The Morgan fingerprint density at radius 1 is 1.43 bits per heavy atom. The van der Waals surface area contributed by atoms with E-state index in [1.807, 2.05) is 6.92 Å². The molecule has 0 spiro atoms. The van der Waals surface area contributed by atoms with Crippen LogP contribution in [0.25, 0.3) is 0 Å². The number of β-amino-alcohol motifs (C(OH)–C–C–N with tert-alkyl or cyclic N) is 1. The van der Waals surface area contributed by atoms with Gasteiger partial charge in [0.05, 0.1) is 11.4 Å². The summed E-state index contributed by atoms with van der Waals surface area (Å²) >= 11 is 0. The molecule has 82 valence electrons. The summed E-state index contributed by atoms with van der Waals surface area (Å²) in [6, 6.07) is 0. The maximum absolute atomic E-state index is 11.6. The van der Waals surface area contributed by atoms with Gasteiger partial charge in [0.15, 0.2) is 0 Å². The van der Waals surface area contributed by atoms with Crippen molar-refractivity contribution in [3.63, 3.8) is 0 Å². The van der Waals surface area contributed by atoms with Crippen LogP contribution in [0.1, 0.15) is 26.2 Å². The molecule has 1 aliphatic carbocycles. The van der Waals surface area contributed by atoms with Crippen molar-refractivity contribution in [3.05, 3.63) is 0 Å². The average Bonchev–Trinajstić information content (AvgIpc) is 2.80. The quantitative estimate of drug-likeness (QED) is 0.734. The Morgan fingerprint density at radius 3 is 2.43 bits per heavy atom. The molecule has 0 aromatic heterocycles. The summed E-state index contributed by atoms with van der Waals surface area (Å²) in [5.74, 6) is 0.559. The molecule has 2 fully saturated rings. The van der Waals surface area contributed by atoms with Crippen molar-refractivity contribution in [1.29, 1.82) is 0 Å². The minimum Gasteiger partial charge on any atom is -0.387 e. The van der Waals surface area contributed by atoms with Crippen molar-refractivity contribution in [2.75, 3.05) is 18.8 Å². The number of hydrogen-bond acceptors (Lipinski definition) is 3. The molecule has 1 aliphatic heterocycles. The van der Waals surface area contributed by atoms with Crippen molar-refractivity contribution in [2.24, 2.45) is 5.92 Å². The van der Waals surface area contributed by atoms with Crippen LogP contribution in [0.2, 0.25) is 0 Å². The Balaban J connectivity index is 1.93. The van der Waals surface area contributed by atoms with Crippen molar-refractivity contribution in [2.45, 2.75) is 31.8 Å². The van der Waals surface area contributed by atoms with Crippen LogP contribution in [0.15, 0.2) is 0 Å². The summed E-state index contributed by atoms with van der Waals surface area (Å²) in [5.41, 5.74) is -0.694. The van der Waals surface area contributed by atoms with Gasteiger partial charge in [-0.25, -0.2) is 8.42 Å². The standard InChI is InChI=1S/C9H17NO3S/c1-2-5-14(12,13)10-6-9(11,7-10)8-3-4-8/h8,11H,2-7H2,1H3. The van der Waals surface area contributed by atoms with Gasteiger partial charge in [-0.1, -0.05) is 6.92 Å². The van der Waals surface area contributed by atoms with Crippen LogP contribution in [0.4, 0.5) is 0 Å². The van der Waals surface area contributed by atoms with E-state index in [4.69, 9.17) is 0 Å². The van der Waals surface area contributed by atoms with Crippen LogP contribution in [0, 0.1) is 5.92 Å². The summed E-state index contributed by atoms with van der Waals surface area (Å²) in [6.45, 7) is 2.49. The molecule has 5 heteroatoms. The summed E-state index contributed by atoms with van der Waals surface area (Å²) < 4.78 is 24.5. The Bertz CT molecular complexity index is 315. The van der Waals surface area contributed by atoms with E-state index in [-0.39, 0.29) is 5.75 Å². The van der Waals surface area contributed by atoms with Crippen LogP contribution >= 0.6 is 0 Å². The Labute approximate surface area is 85.0 Å². The van der Waals surface area contributed by atoms with Gasteiger partial charge in [0.2, 0.25) is 10.0 Å². The average molecular weight is 219 g/mol. The fourth-order valence-electron chi connectivity index (χ4n) is 2.03. The Kier molecular flexibility index (Phi) is 2.36. The predicted molar refractivity (Wildman–Crippen MR) is 53.3 cm³/mol. The maximum atomic E-state index is 11.6. The first kappa shape index (κ1) is 10.4. The van der Waals surface area contributed by atoms with Gasteiger partial charge in [0.1, 0.15) is 0 Å². The van der Waals surface area contributed by atoms with Crippen LogP contribution in [-0.4, -0.2) is 42.3 Å². The second-order valence-corrected chi connectivity index (χ2v) is 6.55. The van der Waals surface area contributed by atoms with Gasteiger partial charge in [-0.3, -0.25) is 0 Å². The van der Waals surface area contributed by atoms with Crippen molar-refractivity contribution in [3.8, 4) is 0 Å². The Hall–Kier alpha value is -0.130. The van der Waals surface area contributed by atoms with Gasteiger partial charge >= 0.3 is 0 Å².